The Balaban J connectivity index is 2.03. The van der Waals surface area contributed by atoms with Gasteiger partial charge in [-0.15, -0.1) is 22.7 Å². The lowest BCUT2D eigenvalue weighted by molar-refractivity contribution is 0.452. The Morgan fingerprint density at radius 1 is 1.06 bits per heavy atom. The molecule has 0 saturated heterocycles. The molecule has 3 nitrogen and oxygen atoms in total. The quantitative estimate of drug-likeness (QED) is 0.744. The van der Waals surface area contributed by atoms with Crippen LogP contribution in [-0.2, 0) is 0 Å². The summed E-state index contributed by atoms with van der Waals surface area (Å²) in [5.41, 5.74) is 1.35. The standard InChI is InChI=1S/C13H9NO2S2/c15-8-3-4-9(11(16)6-8)10-7-18-13(14-10)12-2-1-5-17-12/h1-7,15-16H. The minimum atomic E-state index is 0.0398. The maximum atomic E-state index is 9.79. The van der Waals surface area contributed by atoms with E-state index in [1.54, 1.807) is 34.8 Å². The Kier molecular flexibility index (Phi) is 2.77. The topological polar surface area (TPSA) is 53.4 Å². The van der Waals surface area contributed by atoms with Gasteiger partial charge in [0, 0.05) is 17.0 Å². The van der Waals surface area contributed by atoms with Crippen LogP contribution >= 0.6 is 22.7 Å². The van der Waals surface area contributed by atoms with Gasteiger partial charge < -0.3 is 10.2 Å². The van der Waals surface area contributed by atoms with E-state index in [9.17, 15) is 10.2 Å². The van der Waals surface area contributed by atoms with Gasteiger partial charge in [0.05, 0.1) is 10.6 Å². The first kappa shape index (κ1) is 11.3. The van der Waals surface area contributed by atoms with Crippen molar-refractivity contribution in [1.29, 1.82) is 0 Å². The number of aromatic nitrogens is 1. The molecule has 0 aliphatic carbocycles. The van der Waals surface area contributed by atoms with E-state index in [4.69, 9.17) is 0 Å². The summed E-state index contributed by atoms with van der Waals surface area (Å²) >= 11 is 3.18. The molecule has 0 aliphatic heterocycles. The SMILES string of the molecule is Oc1ccc(-c2csc(-c3cccs3)n2)c(O)c1. The molecule has 90 valence electrons. The number of phenolic OH excluding ortho intramolecular Hbond substituents is 2. The Morgan fingerprint density at radius 2 is 1.94 bits per heavy atom. The van der Waals surface area contributed by atoms with Crippen LogP contribution in [0.2, 0.25) is 0 Å². The van der Waals surface area contributed by atoms with Gasteiger partial charge in [-0.3, -0.25) is 0 Å². The van der Waals surface area contributed by atoms with Gasteiger partial charge in [0.2, 0.25) is 0 Å². The van der Waals surface area contributed by atoms with E-state index in [0.717, 1.165) is 15.6 Å². The Bertz CT molecular complexity index is 674. The number of nitrogens with zero attached hydrogens (tertiary/aromatic N) is 1. The monoisotopic (exact) mass is 275 g/mol. The number of phenols is 2. The third-order valence-electron chi connectivity index (χ3n) is 2.49. The zero-order valence-corrected chi connectivity index (χ0v) is 10.8. The maximum absolute atomic E-state index is 9.79. The van der Waals surface area contributed by atoms with Gasteiger partial charge >= 0.3 is 0 Å². The molecule has 0 amide bonds. The third kappa shape index (κ3) is 1.98. The van der Waals surface area contributed by atoms with Gasteiger partial charge in [0.1, 0.15) is 16.5 Å². The van der Waals surface area contributed by atoms with Gasteiger partial charge in [-0.25, -0.2) is 4.98 Å². The van der Waals surface area contributed by atoms with Gasteiger partial charge in [-0.05, 0) is 23.6 Å². The number of rotatable bonds is 2. The molecule has 0 bridgehead atoms. The van der Waals surface area contributed by atoms with Gasteiger partial charge in [0.25, 0.3) is 0 Å². The fourth-order valence-corrected chi connectivity index (χ4v) is 3.28. The molecule has 0 aliphatic rings. The second-order valence-electron chi connectivity index (χ2n) is 3.72. The van der Waals surface area contributed by atoms with E-state index < -0.39 is 0 Å². The van der Waals surface area contributed by atoms with E-state index in [1.165, 1.54) is 6.07 Å². The molecule has 2 aromatic heterocycles. The lowest BCUT2D eigenvalue weighted by atomic mass is 10.1. The minimum absolute atomic E-state index is 0.0398. The van der Waals surface area contributed by atoms with Crippen molar-refractivity contribution in [1.82, 2.24) is 4.98 Å². The lowest BCUT2D eigenvalue weighted by Gasteiger charge is -2.01. The Labute approximate surface area is 112 Å². The largest absolute Gasteiger partial charge is 0.508 e. The van der Waals surface area contributed by atoms with E-state index in [2.05, 4.69) is 4.98 Å². The van der Waals surface area contributed by atoms with Crippen LogP contribution in [0.25, 0.3) is 21.1 Å². The molecule has 0 atom stereocenters. The molecule has 3 rings (SSSR count). The second-order valence-corrected chi connectivity index (χ2v) is 5.52. The van der Waals surface area contributed by atoms with E-state index >= 15 is 0 Å². The van der Waals surface area contributed by atoms with Crippen LogP contribution in [0.5, 0.6) is 11.5 Å². The average molecular weight is 275 g/mol. The summed E-state index contributed by atoms with van der Waals surface area (Å²) in [6, 6.07) is 8.53. The van der Waals surface area contributed by atoms with Gasteiger partial charge in [0.15, 0.2) is 0 Å². The van der Waals surface area contributed by atoms with Crippen molar-refractivity contribution in [3.05, 3.63) is 41.1 Å². The average Bonchev–Trinajstić information content (AvgIpc) is 2.99. The fraction of sp³-hybridized carbons (Fsp3) is 0. The molecular weight excluding hydrogens is 266 g/mol. The summed E-state index contributed by atoms with van der Waals surface area (Å²) in [5.74, 6) is 0.0861. The number of hydrogen-bond acceptors (Lipinski definition) is 5. The number of thiazole rings is 1. The van der Waals surface area contributed by atoms with Crippen molar-refractivity contribution in [2.24, 2.45) is 0 Å². The third-order valence-corrected chi connectivity index (χ3v) is 4.37. The first-order valence-electron chi connectivity index (χ1n) is 5.26. The van der Waals surface area contributed by atoms with Crippen molar-refractivity contribution in [3.63, 3.8) is 0 Å². The molecule has 0 fully saturated rings. The van der Waals surface area contributed by atoms with Crippen LogP contribution in [0, 0.1) is 0 Å². The van der Waals surface area contributed by atoms with E-state index in [-0.39, 0.29) is 11.5 Å². The number of thiophene rings is 1. The number of hydrogen-bond donors (Lipinski definition) is 2. The highest BCUT2D eigenvalue weighted by molar-refractivity contribution is 7.20. The molecule has 2 heterocycles. The molecule has 2 N–H and O–H groups in total. The summed E-state index contributed by atoms with van der Waals surface area (Å²) in [6.45, 7) is 0. The van der Waals surface area contributed by atoms with Crippen LogP contribution in [0.4, 0.5) is 0 Å². The summed E-state index contributed by atoms with van der Waals surface area (Å²) in [5, 5.41) is 23.9. The minimum Gasteiger partial charge on any atom is -0.508 e. The van der Waals surface area contributed by atoms with Crippen molar-refractivity contribution in [2.75, 3.05) is 0 Å². The predicted molar refractivity (Wildman–Crippen MR) is 74.2 cm³/mol. The maximum Gasteiger partial charge on any atom is 0.134 e. The van der Waals surface area contributed by atoms with Crippen molar-refractivity contribution < 1.29 is 10.2 Å². The van der Waals surface area contributed by atoms with Crippen molar-refractivity contribution in [3.8, 4) is 32.6 Å². The highest BCUT2D eigenvalue weighted by atomic mass is 32.1. The van der Waals surface area contributed by atoms with Gasteiger partial charge in [-0.1, -0.05) is 6.07 Å². The summed E-state index contributed by atoms with van der Waals surface area (Å²) in [4.78, 5) is 5.62. The zero-order chi connectivity index (χ0) is 12.5. The lowest BCUT2D eigenvalue weighted by Crippen LogP contribution is -1.79. The predicted octanol–water partition coefficient (Wildman–Crippen LogP) is 3.95. The fourth-order valence-electron chi connectivity index (χ4n) is 1.65. The van der Waals surface area contributed by atoms with Crippen LogP contribution in [0.1, 0.15) is 0 Å². The number of aromatic hydroxyl groups is 2. The first-order valence-corrected chi connectivity index (χ1v) is 7.02. The van der Waals surface area contributed by atoms with E-state index in [1.807, 2.05) is 22.9 Å². The first-order chi connectivity index (χ1) is 8.74. The normalized spacial score (nSPS) is 10.7. The second kappa shape index (κ2) is 4.44. The highest BCUT2D eigenvalue weighted by Gasteiger charge is 2.11. The van der Waals surface area contributed by atoms with Gasteiger partial charge in [-0.2, -0.15) is 0 Å². The van der Waals surface area contributed by atoms with Crippen LogP contribution in [0.3, 0.4) is 0 Å². The molecule has 3 aromatic rings. The van der Waals surface area contributed by atoms with E-state index in [0.29, 0.717) is 5.56 Å². The number of benzene rings is 1. The Hall–Kier alpha value is -1.85. The Morgan fingerprint density at radius 3 is 2.67 bits per heavy atom. The molecule has 0 spiro atoms. The van der Waals surface area contributed by atoms with Crippen molar-refractivity contribution >= 4 is 22.7 Å². The summed E-state index contributed by atoms with van der Waals surface area (Å²) in [6.07, 6.45) is 0. The summed E-state index contributed by atoms with van der Waals surface area (Å²) < 4.78 is 0. The molecule has 1 aromatic carbocycles. The molecule has 0 unspecified atom stereocenters. The zero-order valence-electron chi connectivity index (χ0n) is 9.20. The molecule has 0 saturated carbocycles. The smallest absolute Gasteiger partial charge is 0.134 e. The summed E-state index contributed by atoms with van der Waals surface area (Å²) in [7, 11) is 0. The highest BCUT2D eigenvalue weighted by Crippen LogP contribution is 2.36. The molecule has 18 heavy (non-hydrogen) atoms. The van der Waals surface area contributed by atoms with Crippen LogP contribution in [0.15, 0.2) is 41.1 Å². The molecule has 5 heteroatoms. The molecule has 0 radical (unpaired) electrons. The van der Waals surface area contributed by atoms with Crippen LogP contribution < -0.4 is 0 Å². The molecular formula is C13H9NO2S2. The van der Waals surface area contributed by atoms with Crippen LogP contribution in [-0.4, -0.2) is 15.2 Å². The van der Waals surface area contributed by atoms with Crippen molar-refractivity contribution in [2.45, 2.75) is 0 Å².